The van der Waals surface area contributed by atoms with Crippen molar-refractivity contribution in [2.75, 3.05) is 6.54 Å². The molecule has 0 bridgehead atoms. The zero-order valence-corrected chi connectivity index (χ0v) is 13.9. The second kappa shape index (κ2) is 5.88. The maximum absolute atomic E-state index is 9.00. The molecule has 0 aliphatic carbocycles. The van der Waals surface area contributed by atoms with Gasteiger partial charge in [0.25, 0.3) is 0 Å². The Morgan fingerprint density at radius 2 is 1.86 bits per heavy atom. The number of nitriles is 1. The molecule has 1 aromatic rings. The molecule has 1 saturated heterocycles. The minimum absolute atomic E-state index is 0.357. The van der Waals surface area contributed by atoms with Crippen LogP contribution in [0.15, 0.2) is 23.7 Å². The van der Waals surface area contributed by atoms with E-state index in [2.05, 4.69) is 6.07 Å². The van der Waals surface area contributed by atoms with Crippen LogP contribution in [-0.4, -0.2) is 24.9 Å². The number of hydrogen-bond donors (Lipinski definition) is 1. The van der Waals surface area contributed by atoms with Gasteiger partial charge in [0.05, 0.1) is 22.8 Å². The second-order valence-electron chi connectivity index (χ2n) is 6.70. The minimum atomic E-state index is -0.439. The van der Waals surface area contributed by atoms with Crippen molar-refractivity contribution in [2.24, 2.45) is 5.73 Å². The van der Waals surface area contributed by atoms with Gasteiger partial charge in [-0.2, -0.15) is 5.26 Å². The molecule has 5 heteroatoms. The van der Waals surface area contributed by atoms with Gasteiger partial charge in [-0.05, 0) is 57.3 Å². The van der Waals surface area contributed by atoms with Crippen molar-refractivity contribution in [3.8, 4) is 6.07 Å². The molecule has 0 atom stereocenters. The summed E-state index contributed by atoms with van der Waals surface area (Å²) in [4.78, 5) is 0. The molecule has 2 N–H and O–H groups in total. The first kappa shape index (κ1) is 16.8. The van der Waals surface area contributed by atoms with E-state index in [-0.39, 0.29) is 11.2 Å². The van der Waals surface area contributed by atoms with Gasteiger partial charge in [-0.15, -0.1) is 0 Å². The third kappa shape index (κ3) is 3.10. The van der Waals surface area contributed by atoms with Crippen LogP contribution >= 0.6 is 0 Å². The first-order valence-corrected chi connectivity index (χ1v) is 7.47. The molecule has 0 spiro atoms. The Hall–Kier alpha value is -1.61. The van der Waals surface area contributed by atoms with Crippen LogP contribution in [0.5, 0.6) is 0 Å². The normalized spacial score (nSPS) is 20.0. The Kier molecular flexibility index (Phi) is 4.48. The van der Waals surface area contributed by atoms with E-state index >= 15 is 0 Å². The summed E-state index contributed by atoms with van der Waals surface area (Å²) in [7, 11) is -0.439. The highest BCUT2D eigenvalue weighted by Gasteiger charge is 2.52. The summed E-state index contributed by atoms with van der Waals surface area (Å²) in [6.45, 7) is 10.4. The third-order valence-corrected chi connectivity index (χ3v) is 4.51. The molecule has 1 aliphatic rings. The maximum Gasteiger partial charge on any atom is 0.491 e. The average molecular weight is 298 g/mol. The lowest BCUT2D eigenvalue weighted by Crippen LogP contribution is -2.41. The Morgan fingerprint density at radius 1 is 1.27 bits per heavy atom. The van der Waals surface area contributed by atoms with Crippen molar-refractivity contribution in [1.82, 2.24) is 0 Å². The van der Waals surface area contributed by atoms with Gasteiger partial charge in [-0.3, -0.25) is 0 Å². The Bertz CT molecular complexity index is 629. The fourth-order valence-corrected chi connectivity index (χ4v) is 2.33. The van der Waals surface area contributed by atoms with Gasteiger partial charge in [0.2, 0.25) is 0 Å². The molecule has 0 saturated carbocycles. The van der Waals surface area contributed by atoms with Crippen LogP contribution in [0.25, 0.3) is 6.08 Å². The van der Waals surface area contributed by atoms with Gasteiger partial charge >= 0.3 is 7.12 Å². The van der Waals surface area contributed by atoms with Gasteiger partial charge in [-0.1, -0.05) is 18.2 Å². The number of aryl methyl sites for hydroxylation is 1. The van der Waals surface area contributed by atoms with Crippen LogP contribution in [0, 0.1) is 18.3 Å². The third-order valence-electron chi connectivity index (χ3n) is 4.51. The van der Waals surface area contributed by atoms with Gasteiger partial charge in [-0.25, -0.2) is 0 Å². The lowest BCUT2D eigenvalue weighted by atomic mass is 9.77. The fourth-order valence-electron chi connectivity index (χ4n) is 2.33. The van der Waals surface area contributed by atoms with Gasteiger partial charge in [0.1, 0.15) is 0 Å². The Labute approximate surface area is 133 Å². The summed E-state index contributed by atoms with van der Waals surface area (Å²) >= 11 is 0. The minimum Gasteiger partial charge on any atom is -0.400 e. The molecule has 1 fully saturated rings. The second-order valence-corrected chi connectivity index (χ2v) is 6.70. The van der Waals surface area contributed by atoms with Crippen LogP contribution in [0.2, 0.25) is 0 Å². The standard InChI is InChI=1S/C17H23BN2O2/c1-12-8-13(6-7-14(12)10-19)9-15(11-20)18-21-16(2,3)17(4,5)22-18/h6-9H,11,20H2,1-5H3. The molecular weight excluding hydrogens is 275 g/mol. The summed E-state index contributed by atoms with van der Waals surface area (Å²) in [5, 5.41) is 9.00. The molecule has 0 unspecified atom stereocenters. The fraction of sp³-hybridized carbons (Fsp3) is 0.471. The van der Waals surface area contributed by atoms with E-state index < -0.39 is 7.12 Å². The average Bonchev–Trinajstić information content (AvgIpc) is 2.65. The molecule has 0 amide bonds. The molecule has 1 aliphatic heterocycles. The predicted molar refractivity (Wildman–Crippen MR) is 89.0 cm³/mol. The topological polar surface area (TPSA) is 68.3 Å². The molecule has 0 aromatic heterocycles. The SMILES string of the molecule is Cc1cc(C=C(CN)B2OC(C)(C)C(C)(C)O2)ccc1C#N. The van der Waals surface area contributed by atoms with Crippen molar-refractivity contribution in [1.29, 1.82) is 5.26 Å². The van der Waals surface area contributed by atoms with Crippen molar-refractivity contribution in [2.45, 2.75) is 45.8 Å². The molecule has 116 valence electrons. The Balaban J connectivity index is 2.30. The number of benzene rings is 1. The van der Waals surface area contributed by atoms with E-state index in [1.807, 2.05) is 58.9 Å². The first-order valence-electron chi connectivity index (χ1n) is 7.47. The highest BCUT2D eigenvalue weighted by atomic mass is 16.7. The monoisotopic (exact) mass is 298 g/mol. The van der Waals surface area contributed by atoms with Gasteiger partial charge < -0.3 is 15.0 Å². The van der Waals surface area contributed by atoms with Crippen molar-refractivity contribution in [3.63, 3.8) is 0 Å². The lowest BCUT2D eigenvalue weighted by molar-refractivity contribution is 0.00578. The zero-order valence-electron chi connectivity index (χ0n) is 13.9. The van der Waals surface area contributed by atoms with Crippen LogP contribution < -0.4 is 5.73 Å². The predicted octanol–water partition coefficient (Wildman–Crippen LogP) is 2.84. The molecular formula is C17H23BN2O2. The molecule has 0 radical (unpaired) electrons. The van der Waals surface area contributed by atoms with Gasteiger partial charge in [0, 0.05) is 6.54 Å². The molecule has 2 rings (SSSR count). The summed E-state index contributed by atoms with van der Waals surface area (Å²) in [6.07, 6.45) is 1.98. The number of rotatable bonds is 3. The summed E-state index contributed by atoms with van der Waals surface area (Å²) in [5.41, 5.74) is 8.64. The summed E-state index contributed by atoms with van der Waals surface area (Å²) in [6, 6.07) is 7.87. The van der Waals surface area contributed by atoms with Crippen LogP contribution in [0.1, 0.15) is 44.4 Å². The van der Waals surface area contributed by atoms with E-state index in [1.165, 1.54) is 0 Å². The van der Waals surface area contributed by atoms with E-state index in [4.69, 9.17) is 20.3 Å². The number of hydrogen-bond acceptors (Lipinski definition) is 4. The van der Waals surface area contributed by atoms with Crippen molar-refractivity contribution in [3.05, 3.63) is 40.4 Å². The number of nitrogens with zero attached hydrogens (tertiary/aromatic N) is 1. The summed E-state index contributed by atoms with van der Waals surface area (Å²) < 4.78 is 12.1. The quantitative estimate of drug-likeness (QED) is 0.871. The lowest BCUT2D eigenvalue weighted by Gasteiger charge is -2.32. The highest BCUT2D eigenvalue weighted by Crippen LogP contribution is 2.38. The number of nitrogens with two attached hydrogens (primary N) is 1. The molecule has 1 heterocycles. The maximum atomic E-state index is 9.00. The first-order chi connectivity index (χ1) is 10.2. The summed E-state index contributed by atoms with van der Waals surface area (Å²) in [5.74, 6) is 0. The van der Waals surface area contributed by atoms with E-state index in [1.54, 1.807) is 0 Å². The van der Waals surface area contributed by atoms with E-state index in [0.717, 1.165) is 16.6 Å². The molecule has 22 heavy (non-hydrogen) atoms. The largest absolute Gasteiger partial charge is 0.491 e. The van der Waals surface area contributed by atoms with Crippen molar-refractivity contribution >= 4 is 13.2 Å². The van der Waals surface area contributed by atoms with Gasteiger partial charge in [0.15, 0.2) is 0 Å². The van der Waals surface area contributed by atoms with Crippen LogP contribution in [0.4, 0.5) is 0 Å². The van der Waals surface area contributed by atoms with Crippen LogP contribution in [0.3, 0.4) is 0 Å². The van der Waals surface area contributed by atoms with E-state index in [0.29, 0.717) is 12.1 Å². The smallest absolute Gasteiger partial charge is 0.400 e. The zero-order chi connectivity index (χ0) is 16.5. The highest BCUT2D eigenvalue weighted by molar-refractivity contribution is 6.55. The van der Waals surface area contributed by atoms with Crippen LogP contribution in [-0.2, 0) is 9.31 Å². The van der Waals surface area contributed by atoms with E-state index in [9.17, 15) is 0 Å². The molecule has 4 nitrogen and oxygen atoms in total. The Morgan fingerprint density at radius 3 is 2.32 bits per heavy atom. The van der Waals surface area contributed by atoms with Crippen molar-refractivity contribution < 1.29 is 9.31 Å². The molecule has 1 aromatic carbocycles.